The average Bonchev–Trinajstić information content (AvgIpc) is 2.48. The third-order valence-electron chi connectivity index (χ3n) is 3.89. The van der Waals surface area contributed by atoms with E-state index >= 15 is 0 Å². The fourth-order valence-electron chi connectivity index (χ4n) is 2.36. The van der Waals surface area contributed by atoms with Crippen LogP contribution in [0.5, 0.6) is 0 Å². The molecule has 0 spiro atoms. The topological polar surface area (TPSA) is 75.3 Å². The number of anilines is 1. The van der Waals surface area contributed by atoms with E-state index in [4.69, 9.17) is 0 Å². The Kier molecular flexibility index (Phi) is 7.55. The van der Waals surface area contributed by atoms with Gasteiger partial charge in [-0.1, -0.05) is 39.2 Å². The number of amides is 1. The minimum Gasteiger partial charge on any atom is -0.352 e. The molecule has 23 heavy (non-hydrogen) atoms. The molecule has 0 unspecified atom stereocenters. The molecule has 1 atom stereocenters. The van der Waals surface area contributed by atoms with Crippen LogP contribution in [-0.4, -0.2) is 27.1 Å². The number of nitrogens with one attached hydrogen (secondary N) is 2. The average molecular weight is 340 g/mol. The maximum Gasteiger partial charge on any atom is 0.251 e. The first-order chi connectivity index (χ1) is 10.8. The summed E-state index contributed by atoms with van der Waals surface area (Å²) in [6, 6.07) is 5.04. The molecule has 0 heterocycles. The van der Waals surface area contributed by atoms with E-state index in [9.17, 15) is 13.2 Å². The predicted octanol–water partition coefficient (Wildman–Crippen LogP) is 3.31. The molecule has 0 radical (unpaired) electrons. The van der Waals surface area contributed by atoms with E-state index in [2.05, 4.69) is 23.9 Å². The van der Waals surface area contributed by atoms with Crippen LogP contribution in [0.1, 0.15) is 55.5 Å². The first-order valence-electron chi connectivity index (χ1n) is 8.13. The van der Waals surface area contributed by atoms with Crippen LogP contribution in [0.15, 0.2) is 18.2 Å². The number of carbonyl (C=O) groups is 1. The molecule has 0 aliphatic heterocycles. The van der Waals surface area contributed by atoms with Crippen LogP contribution in [-0.2, 0) is 10.0 Å². The highest BCUT2D eigenvalue weighted by atomic mass is 32.2. The molecule has 5 nitrogen and oxygen atoms in total. The summed E-state index contributed by atoms with van der Waals surface area (Å²) in [4.78, 5) is 12.3. The summed E-state index contributed by atoms with van der Waals surface area (Å²) >= 11 is 0. The fraction of sp³-hybridized carbons (Fsp3) is 0.588. The van der Waals surface area contributed by atoms with E-state index in [1.807, 2.05) is 0 Å². The molecule has 1 aromatic carbocycles. The van der Waals surface area contributed by atoms with Gasteiger partial charge < -0.3 is 5.32 Å². The second kappa shape index (κ2) is 8.91. The van der Waals surface area contributed by atoms with Crippen LogP contribution < -0.4 is 10.0 Å². The number of hydrogen-bond donors (Lipinski definition) is 2. The number of aryl methyl sites for hydroxylation is 1. The summed E-state index contributed by atoms with van der Waals surface area (Å²) in [5, 5.41) is 2.95. The van der Waals surface area contributed by atoms with Gasteiger partial charge in [0.15, 0.2) is 0 Å². The van der Waals surface area contributed by atoms with Crippen molar-refractivity contribution in [2.45, 2.75) is 46.5 Å². The van der Waals surface area contributed by atoms with E-state index in [0.29, 0.717) is 23.7 Å². The molecule has 0 aliphatic rings. The largest absolute Gasteiger partial charge is 0.352 e. The third-order valence-corrected chi connectivity index (χ3v) is 4.48. The van der Waals surface area contributed by atoms with Crippen molar-refractivity contribution in [1.29, 1.82) is 0 Å². The van der Waals surface area contributed by atoms with Gasteiger partial charge >= 0.3 is 0 Å². The van der Waals surface area contributed by atoms with Crippen molar-refractivity contribution in [2.75, 3.05) is 17.5 Å². The number of sulfonamides is 1. The Morgan fingerprint density at radius 3 is 2.52 bits per heavy atom. The number of carbonyl (C=O) groups excluding carboxylic acids is 1. The van der Waals surface area contributed by atoms with Crippen molar-refractivity contribution in [1.82, 2.24) is 5.32 Å². The molecule has 0 aliphatic carbocycles. The van der Waals surface area contributed by atoms with E-state index in [1.54, 1.807) is 25.1 Å². The van der Waals surface area contributed by atoms with Crippen molar-refractivity contribution < 1.29 is 13.2 Å². The van der Waals surface area contributed by atoms with Crippen LogP contribution in [0.2, 0.25) is 0 Å². The Hall–Kier alpha value is -1.56. The number of benzene rings is 1. The van der Waals surface area contributed by atoms with Crippen LogP contribution in [0.25, 0.3) is 0 Å². The Bertz CT molecular complexity index is 627. The van der Waals surface area contributed by atoms with E-state index in [1.165, 1.54) is 6.42 Å². The summed E-state index contributed by atoms with van der Waals surface area (Å²) in [6.07, 6.45) is 5.57. The summed E-state index contributed by atoms with van der Waals surface area (Å²) in [7, 11) is -3.36. The van der Waals surface area contributed by atoms with Crippen molar-refractivity contribution >= 4 is 21.6 Å². The standard InChI is InChI=1S/C17H28N2O3S/c1-5-7-8-14(6-2)12-18-17(20)15-10-9-13(3)16(11-15)19-23(4,21)22/h9-11,14,19H,5-8,12H2,1-4H3,(H,18,20)/t14-/m1/s1. The van der Waals surface area contributed by atoms with Crippen molar-refractivity contribution in [3.63, 3.8) is 0 Å². The summed E-state index contributed by atoms with van der Waals surface area (Å²) in [6.45, 7) is 6.74. The Balaban J connectivity index is 2.74. The van der Waals surface area contributed by atoms with Crippen LogP contribution in [0.4, 0.5) is 5.69 Å². The maximum absolute atomic E-state index is 12.3. The molecule has 2 N–H and O–H groups in total. The predicted molar refractivity (Wildman–Crippen MR) is 95.3 cm³/mol. The van der Waals surface area contributed by atoms with Gasteiger partial charge in [0.2, 0.25) is 10.0 Å². The van der Waals surface area contributed by atoms with Crippen LogP contribution >= 0.6 is 0 Å². The lowest BCUT2D eigenvalue weighted by atomic mass is 9.99. The SMILES string of the molecule is CCCC[C@@H](CC)CNC(=O)c1ccc(C)c(NS(C)(=O)=O)c1. The van der Waals surface area contributed by atoms with Crippen molar-refractivity contribution in [3.8, 4) is 0 Å². The van der Waals surface area contributed by atoms with Gasteiger partial charge in [-0.05, 0) is 37.0 Å². The quantitative estimate of drug-likeness (QED) is 0.724. The lowest BCUT2D eigenvalue weighted by molar-refractivity contribution is 0.0946. The molecule has 0 aromatic heterocycles. The molecule has 6 heteroatoms. The van der Waals surface area contributed by atoms with Gasteiger partial charge in [-0.15, -0.1) is 0 Å². The molecule has 0 saturated heterocycles. The number of unbranched alkanes of at least 4 members (excludes halogenated alkanes) is 1. The van der Waals surface area contributed by atoms with Gasteiger partial charge in [0, 0.05) is 12.1 Å². The lowest BCUT2D eigenvalue weighted by Crippen LogP contribution is -2.29. The highest BCUT2D eigenvalue weighted by Crippen LogP contribution is 2.18. The van der Waals surface area contributed by atoms with Gasteiger partial charge in [0.25, 0.3) is 5.91 Å². The molecule has 0 saturated carbocycles. The summed E-state index contributed by atoms with van der Waals surface area (Å²) in [5.41, 5.74) is 1.69. The first kappa shape index (κ1) is 19.5. The van der Waals surface area contributed by atoms with Gasteiger partial charge in [-0.25, -0.2) is 8.42 Å². The monoisotopic (exact) mass is 340 g/mol. The van der Waals surface area contributed by atoms with E-state index in [-0.39, 0.29) is 5.91 Å². The van der Waals surface area contributed by atoms with E-state index in [0.717, 1.165) is 31.1 Å². The Morgan fingerprint density at radius 1 is 1.26 bits per heavy atom. The Labute approximate surface area is 139 Å². The van der Waals surface area contributed by atoms with E-state index < -0.39 is 10.0 Å². The molecule has 1 rings (SSSR count). The van der Waals surface area contributed by atoms with Crippen LogP contribution in [0.3, 0.4) is 0 Å². The second-order valence-corrected chi connectivity index (χ2v) is 7.78. The van der Waals surface area contributed by atoms with Gasteiger partial charge in [-0.2, -0.15) is 0 Å². The van der Waals surface area contributed by atoms with Gasteiger partial charge in [0.1, 0.15) is 0 Å². The normalized spacial score (nSPS) is 12.7. The first-order valence-corrected chi connectivity index (χ1v) is 10.0. The third kappa shape index (κ3) is 7.03. The molecule has 130 valence electrons. The van der Waals surface area contributed by atoms with Gasteiger partial charge in [0.05, 0.1) is 11.9 Å². The highest BCUT2D eigenvalue weighted by molar-refractivity contribution is 7.92. The zero-order valence-corrected chi connectivity index (χ0v) is 15.3. The van der Waals surface area contributed by atoms with Gasteiger partial charge in [-0.3, -0.25) is 9.52 Å². The number of hydrogen-bond acceptors (Lipinski definition) is 3. The number of rotatable bonds is 9. The minimum atomic E-state index is -3.36. The van der Waals surface area contributed by atoms with Crippen molar-refractivity contribution in [2.24, 2.45) is 5.92 Å². The molecular formula is C17H28N2O3S. The second-order valence-electron chi connectivity index (χ2n) is 6.03. The summed E-state index contributed by atoms with van der Waals surface area (Å²) in [5.74, 6) is 0.314. The zero-order chi connectivity index (χ0) is 17.5. The van der Waals surface area contributed by atoms with Crippen LogP contribution in [0, 0.1) is 12.8 Å². The fourth-order valence-corrected chi connectivity index (χ4v) is 2.97. The highest BCUT2D eigenvalue weighted by Gasteiger charge is 2.12. The maximum atomic E-state index is 12.3. The molecule has 0 fully saturated rings. The molecule has 1 aromatic rings. The Morgan fingerprint density at radius 2 is 1.96 bits per heavy atom. The molecular weight excluding hydrogens is 312 g/mol. The lowest BCUT2D eigenvalue weighted by Gasteiger charge is -2.16. The smallest absolute Gasteiger partial charge is 0.251 e. The molecule has 1 amide bonds. The van der Waals surface area contributed by atoms with Crippen molar-refractivity contribution in [3.05, 3.63) is 29.3 Å². The molecule has 0 bridgehead atoms. The summed E-state index contributed by atoms with van der Waals surface area (Å²) < 4.78 is 25.2. The minimum absolute atomic E-state index is 0.170. The zero-order valence-electron chi connectivity index (χ0n) is 14.5.